The summed E-state index contributed by atoms with van der Waals surface area (Å²) in [6, 6.07) is 11.8. The van der Waals surface area contributed by atoms with E-state index >= 15 is 0 Å². The Morgan fingerprint density at radius 2 is 1.83 bits per heavy atom. The van der Waals surface area contributed by atoms with Crippen molar-refractivity contribution in [3.05, 3.63) is 63.4 Å². The lowest BCUT2D eigenvalue weighted by Crippen LogP contribution is -2.04. The van der Waals surface area contributed by atoms with Crippen LogP contribution in [-0.2, 0) is 6.54 Å². The van der Waals surface area contributed by atoms with Gasteiger partial charge in [-0.15, -0.1) is 11.3 Å². The van der Waals surface area contributed by atoms with Gasteiger partial charge < -0.3 is 4.57 Å². The minimum absolute atomic E-state index is 0.614. The van der Waals surface area contributed by atoms with E-state index in [1.165, 1.54) is 0 Å². The number of nitrogens with zero attached hydrogens (tertiary/aromatic N) is 4. The number of rotatable bonds is 3. The van der Waals surface area contributed by atoms with Crippen molar-refractivity contribution >= 4 is 11.3 Å². The Labute approximate surface area is 138 Å². The van der Waals surface area contributed by atoms with Crippen LogP contribution < -0.4 is 0 Å². The van der Waals surface area contributed by atoms with Gasteiger partial charge in [0.05, 0.1) is 34.9 Å². The molecule has 23 heavy (non-hydrogen) atoms. The van der Waals surface area contributed by atoms with Gasteiger partial charge in [0, 0.05) is 22.3 Å². The zero-order chi connectivity index (χ0) is 16.4. The van der Waals surface area contributed by atoms with Gasteiger partial charge in [0.15, 0.2) is 0 Å². The first-order valence-electron chi connectivity index (χ1n) is 7.13. The van der Waals surface area contributed by atoms with Crippen molar-refractivity contribution in [1.29, 1.82) is 10.5 Å². The molecule has 0 saturated heterocycles. The molecule has 0 aliphatic carbocycles. The molecule has 0 radical (unpaired) electrons. The highest BCUT2D eigenvalue weighted by atomic mass is 32.1. The Morgan fingerprint density at radius 1 is 1.09 bits per heavy atom. The molecule has 5 heteroatoms. The van der Waals surface area contributed by atoms with E-state index in [1.54, 1.807) is 23.5 Å². The van der Waals surface area contributed by atoms with E-state index in [2.05, 4.69) is 21.7 Å². The topological polar surface area (TPSA) is 65.4 Å². The van der Waals surface area contributed by atoms with Crippen LogP contribution in [0.4, 0.5) is 0 Å². The monoisotopic (exact) mass is 318 g/mol. The van der Waals surface area contributed by atoms with Gasteiger partial charge in [0.25, 0.3) is 0 Å². The fourth-order valence-electron chi connectivity index (χ4n) is 2.80. The largest absolute Gasteiger partial charge is 0.341 e. The van der Waals surface area contributed by atoms with E-state index in [9.17, 15) is 5.26 Å². The highest BCUT2D eigenvalue weighted by molar-refractivity contribution is 7.07. The molecule has 2 aromatic heterocycles. The minimum Gasteiger partial charge on any atom is -0.341 e. The lowest BCUT2D eigenvalue weighted by atomic mass is 10.0. The predicted octanol–water partition coefficient (Wildman–Crippen LogP) is 4.02. The quantitative estimate of drug-likeness (QED) is 0.732. The summed E-state index contributed by atoms with van der Waals surface area (Å²) in [5.41, 5.74) is 7.98. The first-order chi connectivity index (χ1) is 11.2. The van der Waals surface area contributed by atoms with Crippen LogP contribution in [0.5, 0.6) is 0 Å². The standard InChI is InChI=1S/C18H14N4S/c1-12-17(8-20)18(15-5-3-14(7-19)4-6-15)13(2)22(12)9-16-10-23-11-21-16/h3-6,10-11H,9H2,1-2H3. The van der Waals surface area contributed by atoms with E-state index in [0.29, 0.717) is 17.7 Å². The number of benzene rings is 1. The van der Waals surface area contributed by atoms with Crippen LogP contribution in [-0.4, -0.2) is 9.55 Å². The number of nitriles is 2. The molecule has 3 aromatic rings. The number of hydrogen-bond donors (Lipinski definition) is 0. The molecule has 112 valence electrons. The van der Waals surface area contributed by atoms with Gasteiger partial charge in [-0.3, -0.25) is 0 Å². The zero-order valence-corrected chi connectivity index (χ0v) is 13.7. The molecule has 0 N–H and O–H groups in total. The molecule has 0 aliphatic heterocycles. The molecule has 0 amide bonds. The Hall–Kier alpha value is -2.89. The van der Waals surface area contributed by atoms with E-state index in [1.807, 2.05) is 36.9 Å². The second kappa shape index (κ2) is 6.08. The molecule has 0 fully saturated rings. The molecular weight excluding hydrogens is 304 g/mol. The lowest BCUT2D eigenvalue weighted by Gasteiger charge is -2.08. The van der Waals surface area contributed by atoms with Gasteiger partial charge in [0.1, 0.15) is 6.07 Å². The van der Waals surface area contributed by atoms with Crippen molar-refractivity contribution in [3.8, 4) is 23.3 Å². The summed E-state index contributed by atoms with van der Waals surface area (Å²) in [5, 5.41) is 20.6. The Kier molecular flexibility index (Phi) is 3.97. The van der Waals surface area contributed by atoms with E-state index in [4.69, 9.17) is 5.26 Å². The molecule has 4 nitrogen and oxygen atoms in total. The summed E-state index contributed by atoms with van der Waals surface area (Å²) in [4.78, 5) is 4.33. The van der Waals surface area contributed by atoms with Crippen LogP contribution >= 0.6 is 11.3 Å². The highest BCUT2D eigenvalue weighted by Gasteiger charge is 2.19. The molecule has 0 saturated carbocycles. The Morgan fingerprint density at radius 3 is 2.39 bits per heavy atom. The Bertz CT molecular complexity index is 920. The van der Waals surface area contributed by atoms with Crippen LogP contribution in [0.2, 0.25) is 0 Å². The average molecular weight is 318 g/mol. The van der Waals surface area contributed by atoms with Gasteiger partial charge in [0.2, 0.25) is 0 Å². The second-order valence-electron chi connectivity index (χ2n) is 5.29. The molecule has 0 unspecified atom stereocenters. The third-order valence-electron chi connectivity index (χ3n) is 4.00. The van der Waals surface area contributed by atoms with Crippen LogP contribution in [0.3, 0.4) is 0 Å². The number of aromatic nitrogens is 2. The van der Waals surface area contributed by atoms with Crippen molar-refractivity contribution in [3.63, 3.8) is 0 Å². The molecule has 3 rings (SSSR count). The number of hydrogen-bond acceptors (Lipinski definition) is 4. The van der Waals surface area contributed by atoms with Crippen LogP contribution in [0, 0.1) is 36.5 Å². The smallest absolute Gasteiger partial charge is 0.102 e. The van der Waals surface area contributed by atoms with E-state index in [-0.39, 0.29) is 0 Å². The fraction of sp³-hybridized carbons (Fsp3) is 0.167. The van der Waals surface area contributed by atoms with Gasteiger partial charge in [-0.1, -0.05) is 12.1 Å². The maximum atomic E-state index is 9.60. The first-order valence-corrected chi connectivity index (χ1v) is 8.07. The minimum atomic E-state index is 0.614. The molecule has 2 heterocycles. The lowest BCUT2D eigenvalue weighted by molar-refractivity contribution is 0.735. The summed E-state index contributed by atoms with van der Waals surface area (Å²) in [6.07, 6.45) is 0. The van der Waals surface area contributed by atoms with Crippen LogP contribution in [0.25, 0.3) is 11.1 Å². The van der Waals surface area contributed by atoms with Gasteiger partial charge in [-0.25, -0.2) is 4.98 Å². The molecule has 0 spiro atoms. The van der Waals surface area contributed by atoms with Gasteiger partial charge >= 0.3 is 0 Å². The van der Waals surface area contributed by atoms with Crippen LogP contribution in [0.15, 0.2) is 35.2 Å². The fourth-order valence-corrected chi connectivity index (χ4v) is 3.35. The van der Waals surface area contributed by atoms with Crippen molar-refractivity contribution in [1.82, 2.24) is 9.55 Å². The van der Waals surface area contributed by atoms with E-state index in [0.717, 1.165) is 28.2 Å². The molecule has 1 aromatic carbocycles. The molecular formula is C18H14N4S. The maximum Gasteiger partial charge on any atom is 0.102 e. The van der Waals surface area contributed by atoms with Crippen LogP contribution in [0.1, 0.15) is 28.2 Å². The van der Waals surface area contributed by atoms with Gasteiger partial charge in [-0.2, -0.15) is 10.5 Å². The summed E-state index contributed by atoms with van der Waals surface area (Å²) in [7, 11) is 0. The average Bonchev–Trinajstić information content (AvgIpc) is 3.17. The summed E-state index contributed by atoms with van der Waals surface area (Å²) in [6.45, 7) is 4.64. The highest BCUT2D eigenvalue weighted by Crippen LogP contribution is 2.32. The van der Waals surface area contributed by atoms with Gasteiger partial charge in [-0.05, 0) is 31.5 Å². The third-order valence-corrected chi connectivity index (χ3v) is 4.64. The van der Waals surface area contributed by atoms with E-state index < -0.39 is 0 Å². The predicted molar refractivity (Wildman–Crippen MR) is 90.0 cm³/mol. The summed E-state index contributed by atoms with van der Waals surface area (Å²) < 4.78 is 2.13. The maximum absolute atomic E-state index is 9.60. The van der Waals surface area contributed by atoms with Crippen molar-refractivity contribution in [2.45, 2.75) is 20.4 Å². The normalized spacial score (nSPS) is 10.3. The summed E-state index contributed by atoms with van der Waals surface area (Å²) >= 11 is 1.57. The van der Waals surface area contributed by atoms with Crippen molar-refractivity contribution in [2.24, 2.45) is 0 Å². The summed E-state index contributed by atoms with van der Waals surface area (Å²) in [5.74, 6) is 0. The SMILES string of the molecule is Cc1c(C#N)c(-c2ccc(C#N)cc2)c(C)n1Cc1cscn1. The van der Waals surface area contributed by atoms with Crippen molar-refractivity contribution in [2.75, 3.05) is 0 Å². The van der Waals surface area contributed by atoms with Crippen molar-refractivity contribution < 1.29 is 0 Å². The Balaban J connectivity index is 2.13. The first kappa shape index (κ1) is 15.0. The number of thiazole rings is 1. The zero-order valence-electron chi connectivity index (χ0n) is 12.9. The third kappa shape index (κ3) is 2.63. The molecule has 0 atom stereocenters. The molecule has 0 aliphatic rings. The molecule has 0 bridgehead atoms. The second-order valence-corrected chi connectivity index (χ2v) is 6.01.